The lowest BCUT2D eigenvalue weighted by Gasteiger charge is -2.13. The number of nitrogens with zero attached hydrogens (tertiary/aromatic N) is 1. The van der Waals surface area contributed by atoms with Crippen molar-refractivity contribution >= 4 is 46.3 Å². The van der Waals surface area contributed by atoms with Gasteiger partial charge in [0, 0.05) is 18.5 Å². The number of carboxylic acid groups (broad SMARTS) is 1. The van der Waals surface area contributed by atoms with Gasteiger partial charge in [0.25, 0.3) is 5.91 Å². The minimum Gasteiger partial charge on any atom is -0.493 e. The zero-order chi connectivity index (χ0) is 16.8. The molecule has 23 heavy (non-hydrogen) atoms. The summed E-state index contributed by atoms with van der Waals surface area (Å²) in [5, 5.41) is 8.68. The molecule has 5 nitrogen and oxygen atoms in total. The van der Waals surface area contributed by atoms with E-state index in [1.807, 2.05) is 31.2 Å². The van der Waals surface area contributed by atoms with Crippen molar-refractivity contribution in [3.8, 4) is 5.75 Å². The molecule has 0 aliphatic carbocycles. The minimum absolute atomic E-state index is 0.0171. The highest BCUT2D eigenvalue weighted by molar-refractivity contribution is 8.26. The second kappa shape index (κ2) is 8.12. The van der Waals surface area contributed by atoms with Crippen LogP contribution in [-0.2, 0) is 9.59 Å². The number of aliphatic carboxylic acids is 1. The van der Waals surface area contributed by atoms with Crippen LogP contribution in [0.5, 0.6) is 5.75 Å². The van der Waals surface area contributed by atoms with Crippen LogP contribution in [-0.4, -0.2) is 39.4 Å². The molecule has 0 atom stereocenters. The van der Waals surface area contributed by atoms with Crippen LogP contribution in [0.1, 0.15) is 25.3 Å². The third kappa shape index (κ3) is 4.56. The number of rotatable bonds is 7. The highest BCUT2D eigenvalue weighted by atomic mass is 32.2. The number of carbonyl (C=O) groups excluding carboxylic acids is 1. The van der Waals surface area contributed by atoms with Gasteiger partial charge in [0.2, 0.25) is 0 Å². The van der Waals surface area contributed by atoms with Crippen LogP contribution in [0.3, 0.4) is 0 Å². The van der Waals surface area contributed by atoms with E-state index in [9.17, 15) is 9.59 Å². The number of carbonyl (C=O) groups is 2. The molecule has 1 saturated heterocycles. The Labute approximate surface area is 144 Å². The second-order valence-electron chi connectivity index (χ2n) is 4.80. The Hall–Kier alpha value is -1.86. The number of thiocarbonyl (C=S) groups is 1. The highest BCUT2D eigenvalue weighted by Crippen LogP contribution is 2.34. The summed E-state index contributed by atoms with van der Waals surface area (Å²) in [6, 6.07) is 7.48. The van der Waals surface area contributed by atoms with Gasteiger partial charge in [-0.15, -0.1) is 0 Å². The lowest BCUT2D eigenvalue weighted by atomic mass is 10.2. The summed E-state index contributed by atoms with van der Waals surface area (Å²) >= 11 is 6.45. The summed E-state index contributed by atoms with van der Waals surface area (Å²) in [5.74, 6) is -0.348. The molecular formula is C16H17NO4S2. The van der Waals surface area contributed by atoms with E-state index in [4.69, 9.17) is 22.1 Å². The van der Waals surface area contributed by atoms with Gasteiger partial charge in [0.1, 0.15) is 10.1 Å². The third-order valence-electron chi connectivity index (χ3n) is 3.15. The Morgan fingerprint density at radius 1 is 1.43 bits per heavy atom. The average molecular weight is 351 g/mol. The quantitative estimate of drug-likeness (QED) is 0.601. The minimum atomic E-state index is -0.878. The molecule has 0 radical (unpaired) electrons. The average Bonchev–Trinajstić information content (AvgIpc) is 2.76. The van der Waals surface area contributed by atoms with Crippen LogP contribution in [0.2, 0.25) is 0 Å². The number of benzene rings is 1. The smallest absolute Gasteiger partial charge is 0.303 e. The lowest BCUT2D eigenvalue weighted by molar-refractivity contribution is -0.137. The highest BCUT2D eigenvalue weighted by Gasteiger charge is 2.31. The largest absolute Gasteiger partial charge is 0.493 e. The first kappa shape index (κ1) is 17.5. The van der Waals surface area contributed by atoms with Crippen molar-refractivity contribution in [3.63, 3.8) is 0 Å². The fraction of sp³-hybridized carbons (Fsp3) is 0.312. The van der Waals surface area contributed by atoms with Crippen LogP contribution >= 0.6 is 24.0 Å². The molecule has 0 bridgehead atoms. The topological polar surface area (TPSA) is 66.8 Å². The molecule has 0 aromatic heterocycles. The van der Waals surface area contributed by atoms with E-state index in [2.05, 4.69) is 0 Å². The molecular weight excluding hydrogens is 334 g/mol. The number of amides is 1. The molecule has 1 aromatic rings. The molecule has 1 N–H and O–H groups in total. The third-order valence-corrected chi connectivity index (χ3v) is 4.53. The Balaban J connectivity index is 2.14. The molecule has 7 heteroatoms. The summed E-state index contributed by atoms with van der Waals surface area (Å²) < 4.78 is 6.01. The van der Waals surface area contributed by atoms with E-state index in [-0.39, 0.29) is 12.3 Å². The zero-order valence-corrected chi connectivity index (χ0v) is 14.3. The van der Waals surface area contributed by atoms with Crippen LogP contribution in [0.15, 0.2) is 29.2 Å². The number of thioether (sulfide) groups is 1. The van der Waals surface area contributed by atoms with E-state index < -0.39 is 5.97 Å². The van der Waals surface area contributed by atoms with Crippen molar-refractivity contribution < 1.29 is 19.4 Å². The molecule has 0 saturated carbocycles. The van der Waals surface area contributed by atoms with Crippen LogP contribution in [0.25, 0.3) is 6.08 Å². The number of ether oxygens (including phenoxy) is 1. The summed E-state index contributed by atoms with van der Waals surface area (Å²) in [7, 11) is 0. The van der Waals surface area contributed by atoms with Gasteiger partial charge in [-0.25, -0.2) is 0 Å². The summed E-state index contributed by atoms with van der Waals surface area (Å²) in [6.45, 7) is 2.77. The predicted molar refractivity (Wildman–Crippen MR) is 94.4 cm³/mol. The van der Waals surface area contributed by atoms with Crippen molar-refractivity contribution in [3.05, 3.63) is 34.7 Å². The van der Waals surface area contributed by atoms with Crippen LogP contribution in [0.4, 0.5) is 0 Å². The van der Waals surface area contributed by atoms with Crippen molar-refractivity contribution in [2.45, 2.75) is 19.8 Å². The number of hydrogen-bond acceptors (Lipinski definition) is 5. The van der Waals surface area contributed by atoms with Gasteiger partial charge >= 0.3 is 5.97 Å². The Morgan fingerprint density at radius 2 is 2.17 bits per heavy atom. The van der Waals surface area contributed by atoms with Gasteiger partial charge in [-0.2, -0.15) is 0 Å². The molecule has 1 amide bonds. The number of carboxylic acids is 1. The monoisotopic (exact) mass is 351 g/mol. The van der Waals surface area contributed by atoms with Crippen molar-refractivity contribution in [1.82, 2.24) is 4.90 Å². The van der Waals surface area contributed by atoms with E-state index in [0.717, 1.165) is 5.56 Å². The lowest BCUT2D eigenvalue weighted by Crippen LogP contribution is -2.29. The molecule has 2 rings (SSSR count). The van der Waals surface area contributed by atoms with Gasteiger partial charge in [-0.05, 0) is 25.5 Å². The standard InChI is InChI=1S/C16H17NO4S2/c1-2-21-12-7-4-3-6-11(12)10-13-15(20)17(16(22)23-13)9-5-8-14(18)19/h3-4,6-7,10H,2,5,8-9H2,1H3,(H,18,19)/b13-10+. The Bertz CT molecular complexity index is 657. The summed E-state index contributed by atoms with van der Waals surface area (Å²) in [5.41, 5.74) is 0.820. The molecule has 1 heterocycles. The SMILES string of the molecule is CCOc1ccccc1/C=C1/SC(=S)N(CCCC(=O)O)C1=O. The first-order valence-corrected chi connectivity index (χ1v) is 8.44. The maximum absolute atomic E-state index is 12.4. The van der Waals surface area contributed by atoms with Crippen molar-refractivity contribution in [2.24, 2.45) is 0 Å². The van der Waals surface area contributed by atoms with E-state index in [1.165, 1.54) is 16.7 Å². The van der Waals surface area contributed by atoms with Gasteiger partial charge in [-0.1, -0.05) is 42.2 Å². The fourth-order valence-electron chi connectivity index (χ4n) is 2.11. The van der Waals surface area contributed by atoms with E-state index >= 15 is 0 Å². The van der Waals surface area contributed by atoms with Gasteiger partial charge < -0.3 is 9.84 Å². The van der Waals surface area contributed by atoms with E-state index in [1.54, 1.807) is 6.08 Å². The molecule has 1 aromatic carbocycles. The molecule has 122 valence electrons. The summed E-state index contributed by atoms with van der Waals surface area (Å²) in [4.78, 5) is 25.0. The number of para-hydroxylation sites is 1. The molecule has 1 fully saturated rings. The predicted octanol–water partition coefficient (Wildman–Crippen LogP) is 3.15. The molecule has 0 spiro atoms. The van der Waals surface area contributed by atoms with Crippen molar-refractivity contribution in [2.75, 3.05) is 13.2 Å². The Kier molecular flexibility index (Phi) is 6.18. The zero-order valence-electron chi connectivity index (χ0n) is 12.7. The molecule has 1 aliphatic heterocycles. The fourth-order valence-corrected chi connectivity index (χ4v) is 3.41. The van der Waals surface area contributed by atoms with Crippen LogP contribution in [0, 0.1) is 0 Å². The molecule has 0 unspecified atom stereocenters. The van der Waals surface area contributed by atoms with Gasteiger partial charge in [0.05, 0.1) is 11.5 Å². The summed E-state index contributed by atoms with van der Waals surface area (Å²) in [6.07, 6.45) is 2.16. The maximum Gasteiger partial charge on any atom is 0.303 e. The van der Waals surface area contributed by atoms with Crippen molar-refractivity contribution in [1.29, 1.82) is 0 Å². The first-order chi connectivity index (χ1) is 11.0. The maximum atomic E-state index is 12.4. The van der Waals surface area contributed by atoms with Crippen LogP contribution < -0.4 is 4.74 Å². The second-order valence-corrected chi connectivity index (χ2v) is 6.48. The van der Waals surface area contributed by atoms with Gasteiger partial charge in [-0.3, -0.25) is 14.5 Å². The normalized spacial score (nSPS) is 16.2. The number of hydrogen-bond donors (Lipinski definition) is 1. The van der Waals surface area contributed by atoms with Gasteiger partial charge in [0.15, 0.2) is 0 Å². The first-order valence-electron chi connectivity index (χ1n) is 7.22. The van der Waals surface area contributed by atoms with E-state index in [0.29, 0.717) is 34.5 Å². The Morgan fingerprint density at radius 3 is 2.87 bits per heavy atom. The molecule has 1 aliphatic rings.